The van der Waals surface area contributed by atoms with E-state index in [2.05, 4.69) is 17.0 Å². The lowest BCUT2D eigenvalue weighted by molar-refractivity contribution is -0.140. The van der Waals surface area contributed by atoms with Gasteiger partial charge in [0.15, 0.2) is 0 Å². The fourth-order valence-electron chi connectivity index (χ4n) is 5.01. The molecule has 29 heavy (non-hydrogen) atoms. The van der Waals surface area contributed by atoms with Crippen LogP contribution < -0.4 is 4.90 Å². The second-order valence-electron chi connectivity index (χ2n) is 8.39. The molecule has 0 radical (unpaired) electrons. The van der Waals surface area contributed by atoms with E-state index in [-0.39, 0.29) is 17.9 Å². The van der Waals surface area contributed by atoms with Crippen LogP contribution in [-0.4, -0.2) is 29.3 Å². The van der Waals surface area contributed by atoms with Crippen molar-refractivity contribution < 1.29 is 9.59 Å². The van der Waals surface area contributed by atoms with Crippen molar-refractivity contribution in [1.82, 2.24) is 4.90 Å². The van der Waals surface area contributed by atoms with E-state index in [4.69, 9.17) is 0 Å². The zero-order valence-corrected chi connectivity index (χ0v) is 16.9. The summed E-state index contributed by atoms with van der Waals surface area (Å²) in [6.07, 6.45) is 6.10. The summed E-state index contributed by atoms with van der Waals surface area (Å²) in [4.78, 5) is 30.9. The lowest BCUT2D eigenvalue weighted by atomic mass is 9.94. The molecule has 2 aliphatic heterocycles. The molecule has 3 aliphatic rings. The number of para-hydroxylation sites is 1. The fourth-order valence-corrected chi connectivity index (χ4v) is 5.01. The second kappa shape index (κ2) is 7.18. The van der Waals surface area contributed by atoms with Gasteiger partial charge in [0.2, 0.25) is 0 Å². The van der Waals surface area contributed by atoms with Crippen LogP contribution in [0.3, 0.4) is 0 Å². The van der Waals surface area contributed by atoms with Gasteiger partial charge in [-0.2, -0.15) is 0 Å². The van der Waals surface area contributed by atoms with Crippen LogP contribution in [0.4, 0.5) is 5.69 Å². The van der Waals surface area contributed by atoms with Crippen molar-refractivity contribution in [3.8, 4) is 0 Å². The number of fused-ring (bicyclic) bond motifs is 1. The van der Waals surface area contributed by atoms with E-state index in [1.54, 1.807) is 4.90 Å². The summed E-state index contributed by atoms with van der Waals surface area (Å²) in [6, 6.07) is 16.2. The van der Waals surface area contributed by atoms with Crippen molar-refractivity contribution >= 4 is 23.1 Å². The van der Waals surface area contributed by atoms with Gasteiger partial charge in [-0.25, -0.2) is 0 Å². The molecule has 0 atom stereocenters. The molecule has 4 heteroatoms. The van der Waals surface area contributed by atoms with E-state index < -0.39 is 0 Å². The van der Waals surface area contributed by atoms with Crippen molar-refractivity contribution in [3.05, 3.63) is 70.9 Å². The third-order valence-electron chi connectivity index (χ3n) is 6.53. The Labute approximate surface area is 171 Å². The van der Waals surface area contributed by atoms with Crippen LogP contribution in [0, 0.1) is 6.92 Å². The van der Waals surface area contributed by atoms with Gasteiger partial charge in [-0.3, -0.25) is 14.5 Å². The SMILES string of the molecule is Cc1ccc(C2=C(N3CCc4ccccc43)C(=O)N(C3CCCCC3)C2=O)cc1. The molecule has 1 saturated carbocycles. The van der Waals surface area contributed by atoms with E-state index in [0.29, 0.717) is 11.3 Å². The van der Waals surface area contributed by atoms with Gasteiger partial charge in [-0.1, -0.05) is 67.3 Å². The van der Waals surface area contributed by atoms with Gasteiger partial charge in [0.1, 0.15) is 5.70 Å². The molecule has 4 nitrogen and oxygen atoms in total. The maximum atomic E-state index is 13.7. The number of amides is 2. The average Bonchev–Trinajstić information content (AvgIpc) is 3.27. The molecule has 2 amide bonds. The minimum Gasteiger partial charge on any atom is -0.336 e. The minimum atomic E-state index is -0.120. The number of carbonyl (C=O) groups excluding carboxylic acids is 2. The van der Waals surface area contributed by atoms with Crippen LogP contribution in [0.2, 0.25) is 0 Å². The quantitative estimate of drug-likeness (QED) is 0.731. The number of hydrogen-bond donors (Lipinski definition) is 0. The molecule has 0 bridgehead atoms. The van der Waals surface area contributed by atoms with E-state index in [0.717, 1.165) is 55.5 Å². The zero-order valence-electron chi connectivity index (χ0n) is 16.9. The highest BCUT2D eigenvalue weighted by molar-refractivity contribution is 6.37. The van der Waals surface area contributed by atoms with Crippen LogP contribution in [0.15, 0.2) is 54.2 Å². The molecule has 148 valence electrons. The van der Waals surface area contributed by atoms with E-state index >= 15 is 0 Å². The lowest BCUT2D eigenvalue weighted by Gasteiger charge is -2.30. The highest BCUT2D eigenvalue weighted by Gasteiger charge is 2.46. The standard InChI is InChI=1S/C25H26N2O2/c1-17-11-13-19(14-12-17)22-23(26-16-15-18-7-5-6-10-21(18)26)25(29)27(24(22)28)20-8-3-2-4-9-20/h5-7,10-14,20H,2-4,8-9,15-16H2,1H3. The summed E-state index contributed by atoms with van der Waals surface area (Å²) in [6.45, 7) is 2.77. The van der Waals surface area contributed by atoms with Crippen molar-refractivity contribution in [3.63, 3.8) is 0 Å². The lowest BCUT2D eigenvalue weighted by Crippen LogP contribution is -2.43. The highest BCUT2D eigenvalue weighted by atomic mass is 16.2. The topological polar surface area (TPSA) is 40.6 Å². The van der Waals surface area contributed by atoms with Gasteiger partial charge in [0, 0.05) is 18.3 Å². The molecule has 1 aliphatic carbocycles. The van der Waals surface area contributed by atoms with Gasteiger partial charge in [0.05, 0.1) is 5.57 Å². The van der Waals surface area contributed by atoms with Crippen molar-refractivity contribution in [1.29, 1.82) is 0 Å². The normalized spacial score (nSPS) is 20.0. The predicted molar refractivity (Wildman–Crippen MR) is 114 cm³/mol. The number of anilines is 1. The smallest absolute Gasteiger partial charge is 0.278 e. The molecule has 0 spiro atoms. The second-order valence-corrected chi connectivity index (χ2v) is 8.39. The summed E-state index contributed by atoms with van der Waals surface area (Å²) >= 11 is 0. The third-order valence-corrected chi connectivity index (χ3v) is 6.53. The molecular weight excluding hydrogens is 360 g/mol. The first-order chi connectivity index (χ1) is 14.1. The summed E-state index contributed by atoms with van der Waals surface area (Å²) in [5.41, 5.74) is 5.40. The monoisotopic (exact) mass is 386 g/mol. The Bertz CT molecular complexity index is 1000. The van der Waals surface area contributed by atoms with Crippen molar-refractivity contribution in [2.75, 3.05) is 11.4 Å². The van der Waals surface area contributed by atoms with Crippen LogP contribution in [0.5, 0.6) is 0 Å². The number of imide groups is 1. The molecule has 2 aromatic carbocycles. The highest BCUT2D eigenvalue weighted by Crippen LogP contribution is 2.40. The summed E-state index contributed by atoms with van der Waals surface area (Å²) in [7, 11) is 0. The average molecular weight is 386 g/mol. The van der Waals surface area contributed by atoms with Gasteiger partial charge < -0.3 is 4.90 Å². The maximum absolute atomic E-state index is 13.7. The third kappa shape index (κ3) is 2.98. The summed E-state index contributed by atoms with van der Waals surface area (Å²) in [5.74, 6) is -0.237. The van der Waals surface area contributed by atoms with Crippen LogP contribution in [0.1, 0.15) is 48.8 Å². The molecular formula is C25H26N2O2. The Morgan fingerprint density at radius 3 is 2.34 bits per heavy atom. The number of nitrogens with zero attached hydrogens (tertiary/aromatic N) is 2. The van der Waals surface area contributed by atoms with E-state index in [1.165, 1.54) is 12.0 Å². The van der Waals surface area contributed by atoms with E-state index in [1.807, 2.05) is 43.3 Å². The Hall–Kier alpha value is -2.88. The minimum absolute atomic E-state index is 0.0274. The Balaban J connectivity index is 1.63. The molecule has 5 rings (SSSR count). The van der Waals surface area contributed by atoms with Crippen LogP contribution in [-0.2, 0) is 16.0 Å². The van der Waals surface area contributed by atoms with Crippen LogP contribution in [0.25, 0.3) is 5.57 Å². The summed E-state index contributed by atoms with van der Waals surface area (Å²) in [5, 5.41) is 0. The Morgan fingerprint density at radius 1 is 0.862 bits per heavy atom. The number of benzene rings is 2. The van der Waals surface area contributed by atoms with E-state index in [9.17, 15) is 9.59 Å². The number of carbonyl (C=O) groups is 2. The van der Waals surface area contributed by atoms with Gasteiger partial charge >= 0.3 is 0 Å². The first kappa shape index (κ1) is 18.2. The number of hydrogen-bond acceptors (Lipinski definition) is 3. The maximum Gasteiger partial charge on any atom is 0.278 e. The van der Waals surface area contributed by atoms with Gasteiger partial charge in [0.25, 0.3) is 11.8 Å². The number of aryl methyl sites for hydroxylation is 1. The van der Waals surface area contributed by atoms with Gasteiger partial charge in [-0.05, 0) is 43.4 Å². The van der Waals surface area contributed by atoms with Gasteiger partial charge in [-0.15, -0.1) is 0 Å². The van der Waals surface area contributed by atoms with Crippen LogP contribution >= 0.6 is 0 Å². The Morgan fingerprint density at radius 2 is 1.59 bits per heavy atom. The molecule has 0 aromatic heterocycles. The molecule has 2 heterocycles. The zero-order chi connectivity index (χ0) is 20.0. The molecule has 1 fully saturated rings. The fraction of sp³-hybridized carbons (Fsp3) is 0.360. The predicted octanol–water partition coefficient (Wildman–Crippen LogP) is 4.47. The first-order valence-electron chi connectivity index (χ1n) is 10.7. The first-order valence-corrected chi connectivity index (χ1v) is 10.7. The number of rotatable bonds is 3. The summed E-state index contributed by atoms with van der Waals surface area (Å²) < 4.78 is 0. The largest absolute Gasteiger partial charge is 0.336 e. The molecule has 2 aromatic rings. The van der Waals surface area contributed by atoms with Crippen molar-refractivity contribution in [2.24, 2.45) is 0 Å². The Kier molecular flexibility index (Phi) is 4.50. The molecule has 0 saturated heterocycles. The molecule has 0 N–H and O–H groups in total. The van der Waals surface area contributed by atoms with Crippen molar-refractivity contribution in [2.45, 2.75) is 51.5 Å². The molecule has 0 unspecified atom stereocenters.